The first-order valence-corrected chi connectivity index (χ1v) is 10.5. The van der Waals surface area contributed by atoms with E-state index in [-0.39, 0.29) is 5.78 Å². The Balaban J connectivity index is 1.41. The number of ketones is 1. The summed E-state index contributed by atoms with van der Waals surface area (Å²) in [6.07, 6.45) is 2.93. The van der Waals surface area contributed by atoms with E-state index >= 15 is 0 Å². The Bertz CT molecular complexity index is 773. The smallest absolute Gasteiger partial charge is 0.214 e. The maximum absolute atomic E-state index is 11.1. The molecule has 0 aliphatic heterocycles. The van der Waals surface area contributed by atoms with E-state index in [1.807, 2.05) is 19.2 Å². The third kappa shape index (κ3) is 5.39. The van der Waals surface area contributed by atoms with E-state index in [4.69, 9.17) is 9.47 Å². The average molecular weight is 392 g/mol. The van der Waals surface area contributed by atoms with Crippen LogP contribution in [-0.2, 0) is 9.53 Å². The van der Waals surface area contributed by atoms with Crippen LogP contribution in [0.25, 0.3) is 10.3 Å². The minimum absolute atomic E-state index is 0.227. The summed E-state index contributed by atoms with van der Waals surface area (Å²) in [4.78, 5) is 23.3. The molecular formula is C20H29N3O3S. The van der Waals surface area contributed by atoms with Crippen molar-refractivity contribution in [2.75, 3.05) is 31.7 Å². The number of hydrogen-bond acceptors (Lipinski definition) is 7. The summed E-state index contributed by atoms with van der Waals surface area (Å²) < 4.78 is 11.8. The Labute approximate surface area is 164 Å². The first-order valence-electron chi connectivity index (χ1n) is 9.67. The topological polar surface area (TPSA) is 64.6 Å². The second-order valence-electron chi connectivity index (χ2n) is 7.60. The first kappa shape index (κ1) is 20.0. The minimum atomic E-state index is 0.227. The molecule has 7 heteroatoms. The van der Waals surface area contributed by atoms with Crippen molar-refractivity contribution in [1.29, 1.82) is 0 Å². The Kier molecular flexibility index (Phi) is 6.65. The number of fused-ring (bicyclic) bond motifs is 1. The zero-order valence-corrected chi connectivity index (χ0v) is 17.4. The predicted octanol–water partition coefficient (Wildman–Crippen LogP) is 3.94. The molecule has 27 heavy (non-hydrogen) atoms. The second-order valence-corrected chi connectivity index (χ2v) is 8.56. The summed E-state index contributed by atoms with van der Waals surface area (Å²) in [5.74, 6) is 1.70. The molecule has 3 rings (SSSR count). The van der Waals surface area contributed by atoms with Crippen LogP contribution in [0, 0.1) is 11.8 Å². The van der Waals surface area contributed by atoms with Gasteiger partial charge in [0.05, 0.1) is 12.7 Å². The molecule has 2 aromatic heterocycles. The fourth-order valence-corrected chi connectivity index (χ4v) is 4.12. The van der Waals surface area contributed by atoms with E-state index in [2.05, 4.69) is 28.7 Å². The lowest BCUT2D eigenvalue weighted by molar-refractivity contribution is -0.119. The van der Waals surface area contributed by atoms with Gasteiger partial charge in [0.15, 0.2) is 5.13 Å². The summed E-state index contributed by atoms with van der Waals surface area (Å²) in [6, 6.07) is 3.87. The van der Waals surface area contributed by atoms with Crippen molar-refractivity contribution in [1.82, 2.24) is 9.97 Å². The Morgan fingerprint density at radius 1 is 1.37 bits per heavy atom. The Hall–Kier alpha value is -1.73. The first-order chi connectivity index (χ1) is 12.9. The van der Waals surface area contributed by atoms with Gasteiger partial charge in [-0.3, -0.25) is 0 Å². The lowest BCUT2D eigenvalue weighted by Gasteiger charge is -2.35. The third-order valence-corrected chi connectivity index (χ3v) is 6.01. The molecule has 0 aromatic carbocycles. The molecule has 1 fully saturated rings. The SMILES string of the molecule is CCN(C)c1nc2ccc(OCC3CC(OC[C@H](C)CC(C)=O)C3)nc2s1. The lowest BCUT2D eigenvalue weighted by atomic mass is 9.83. The molecule has 1 aliphatic rings. The van der Waals surface area contributed by atoms with Crippen molar-refractivity contribution in [3.63, 3.8) is 0 Å². The molecule has 0 saturated heterocycles. The number of Topliss-reactive ketones (excluding diaryl/α,β-unsaturated/α-hetero) is 1. The zero-order chi connectivity index (χ0) is 19.4. The van der Waals surface area contributed by atoms with Gasteiger partial charge in [-0.15, -0.1) is 0 Å². The lowest BCUT2D eigenvalue weighted by Crippen LogP contribution is -2.36. The summed E-state index contributed by atoms with van der Waals surface area (Å²) in [5, 5.41) is 0.982. The van der Waals surface area contributed by atoms with Crippen molar-refractivity contribution in [3.8, 4) is 5.88 Å². The number of ether oxygens (including phenoxy) is 2. The minimum Gasteiger partial charge on any atom is -0.477 e. The van der Waals surface area contributed by atoms with Gasteiger partial charge in [-0.2, -0.15) is 0 Å². The highest BCUT2D eigenvalue weighted by atomic mass is 32.1. The van der Waals surface area contributed by atoms with Crippen molar-refractivity contribution in [2.45, 2.75) is 46.1 Å². The van der Waals surface area contributed by atoms with E-state index in [1.165, 1.54) is 0 Å². The number of thiazole rings is 1. The quantitative estimate of drug-likeness (QED) is 0.611. The van der Waals surface area contributed by atoms with E-state index in [9.17, 15) is 4.79 Å². The highest BCUT2D eigenvalue weighted by Gasteiger charge is 2.30. The van der Waals surface area contributed by atoms with Crippen molar-refractivity contribution >= 4 is 32.6 Å². The molecule has 2 aromatic rings. The van der Waals surface area contributed by atoms with Gasteiger partial charge in [-0.1, -0.05) is 18.3 Å². The number of hydrogen-bond donors (Lipinski definition) is 0. The monoisotopic (exact) mass is 391 g/mol. The van der Waals surface area contributed by atoms with Gasteiger partial charge in [0.2, 0.25) is 5.88 Å². The van der Waals surface area contributed by atoms with E-state index in [1.54, 1.807) is 18.3 Å². The molecule has 6 nitrogen and oxygen atoms in total. The molecule has 0 spiro atoms. The number of rotatable bonds is 10. The second kappa shape index (κ2) is 8.97. The van der Waals surface area contributed by atoms with Crippen LogP contribution in [0.3, 0.4) is 0 Å². The van der Waals surface area contributed by atoms with Crippen LogP contribution in [0.4, 0.5) is 5.13 Å². The fourth-order valence-electron chi connectivity index (χ4n) is 3.17. The van der Waals surface area contributed by atoms with Crippen LogP contribution in [0.2, 0.25) is 0 Å². The molecule has 0 bridgehead atoms. The number of carbonyl (C=O) groups excluding carboxylic acids is 1. The van der Waals surface area contributed by atoms with Crippen molar-refractivity contribution in [2.24, 2.45) is 11.8 Å². The Morgan fingerprint density at radius 3 is 2.85 bits per heavy atom. The van der Waals surface area contributed by atoms with Crippen LogP contribution in [0.5, 0.6) is 5.88 Å². The molecular weight excluding hydrogens is 362 g/mol. The molecule has 0 radical (unpaired) electrons. The zero-order valence-electron chi connectivity index (χ0n) is 16.6. The molecule has 148 valence electrons. The van der Waals surface area contributed by atoms with Crippen LogP contribution >= 0.6 is 11.3 Å². The third-order valence-electron chi connectivity index (χ3n) is 4.93. The molecule has 0 N–H and O–H groups in total. The molecule has 0 unspecified atom stereocenters. The van der Waals surface area contributed by atoms with Gasteiger partial charge >= 0.3 is 0 Å². The van der Waals surface area contributed by atoms with E-state index in [0.717, 1.165) is 34.9 Å². The largest absolute Gasteiger partial charge is 0.477 e. The summed E-state index contributed by atoms with van der Waals surface area (Å²) in [6.45, 7) is 8.05. The molecule has 1 aliphatic carbocycles. The average Bonchev–Trinajstić information content (AvgIpc) is 3.01. The van der Waals surface area contributed by atoms with Crippen LogP contribution in [0.15, 0.2) is 12.1 Å². The van der Waals surface area contributed by atoms with Crippen LogP contribution < -0.4 is 9.64 Å². The van der Waals surface area contributed by atoms with Gasteiger partial charge in [0.25, 0.3) is 0 Å². The maximum Gasteiger partial charge on any atom is 0.214 e. The predicted molar refractivity (Wildman–Crippen MR) is 109 cm³/mol. The summed E-state index contributed by atoms with van der Waals surface area (Å²) in [7, 11) is 2.03. The van der Waals surface area contributed by atoms with Crippen molar-refractivity contribution in [3.05, 3.63) is 12.1 Å². The number of nitrogens with zero attached hydrogens (tertiary/aromatic N) is 3. The number of carbonyl (C=O) groups is 1. The van der Waals surface area contributed by atoms with Gasteiger partial charge in [-0.05, 0) is 44.6 Å². The Morgan fingerprint density at radius 2 is 2.15 bits per heavy atom. The highest BCUT2D eigenvalue weighted by Crippen LogP contribution is 2.32. The molecule has 0 amide bonds. The normalized spacial score (nSPS) is 20.3. The number of aromatic nitrogens is 2. The summed E-state index contributed by atoms with van der Waals surface area (Å²) in [5.41, 5.74) is 0.916. The molecule has 1 atom stereocenters. The van der Waals surface area contributed by atoms with Gasteiger partial charge < -0.3 is 19.2 Å². The molecule has 2 heterocycles. The summed E-state index contributed by atoms with van der Waals surface area (Å²) >= 11 is 1.59. The standard InChI is InChI=1S/C20H29N3O3S/c1-5-23(4)20-21-17-6-7-18(22-19(17)27-20)26-12-15-9-16(10-15)25-11-13(2)8-14(3)24/h6-7,13,15-16H,5,8-12H2,1-4H3/t13-,15?,16?/m1/s1. The molecule has 1 saturated carbocycles. The van der Waals surface area contributed by atoms with Crippen LogP contribution in [0.1, 0.15) is 40.0 Å². The van der Waals surface area contributed by atoms with E-state index in [0.29, 0.717) is 43.5 Å². The van der Waals surface area contributed by atoms with Gasteiger partial charge in [-0.25, -0.2) is 9.97 Å². The van der Waals surface area contributed by atoms with Gasteiger partial charge in [0, 0.05) is 32.7 Å². The fraction of sp³-hybridized carbons (Fsp3) is 0.650. The number of anilines is 1. The maximum atomic E-state index is 11.1. The van der Waals surface area contributed by atoms with Crippen molar-refractivity contribution < 1.29 is 14.3 Å². The number of pyridine rings is 1. The van der Waals surface area contributed by atoms with Gasteiger partial charge in [0.1, 0.15) is 16.1 Å². The highest BCUT2D eigenvalue weighted by molar-refractivity contribution is 7.21. The van der Waals surface area contributed by atoms with Crippen LogP contribution in [-0.4, -0.2) is 48.7 Å². The van der Waals surface area contributed by atoms with E-state index < -0.39 is 0 Å².